The number of nitrogens with zero attached hydrogens (tertiary/aromatic N) is 2. The molecule has 0 saturated carbocycles. The van der Waals surface area contributed by atoms with Gasteiger partial charge in [0.15, 0.2) is 5.13 Å². The summed E-state index contributed by atoms with van der Waals surface area (Å²) in [6.45, 7) is 2.16. The van der Waals surface area contributed by atoms with Crippen molar-refractivity contribution in [2.75, 3.05) is 25.4 Å². The number of anilines is 1. The predicted octanol–water partition coefficient (Wildman–Crippen LogP) is 1.03. The van der Waals surface area contributed by atoms with Crippen molar-refractivity contribution in [3.8, 4) is 0 Å². The number of hydrogen-bond acceptors (Lipinski definition) is 6. The number of nitrogens with one attached hydrogen (secondary N) is 1. The molecule has 0 aromatic carbocycles. The number of hydrogen-bond donors (Lipinski definition) is 1. The number of aromatic nitrogens is 1. The van der Waals surface area contributed by atoms with Crippen molar-refractivity contribution in [1.82, 2.24) is 9.29 Å². The number of fused-ring (bicyclic) bond motifs is 1. The number of esters is 1. The van der Waals surface area contributed by atoms with Crippen LogP contribution in [0, 0.1) is 5.92 Å². The Bertz CT molecular complexity index is 624. The summed E-state index contributed by atoms with van der Waals surface area (Å²) in [4.78, 5) is 17.0. The Hall–Kier alpha value is -1.19. The Morgan fingerprint density at radius 2 is 2.24 bits per heavy atom. The third kappa shape index (κ3) is 3.72. The Labute approximate surface area is 128 Å². The molecule has 21 heavy (non-hydrogen) atoms. The standard InChI is InChI=1S/C12H19N3O4S2/c1-4-19-11(16)8-5-6-9-10(7-8)20-12(13-9)14-21(17,18)15(2)3/h8H,4-7H2,1-3H3,(H,13,14). The highest BCUT2D eigenvalue weighted by Gasteiger charge is 2.29. The van der Waals surface area contributed by atoms with Crippen LogP contribution >= 0.6 is 11.3 Å². The lowest BCUT2D eigenvalue weighted by Crippen LogP contribution is -2.28. The molecule has 118 valence electrons. The van der Waals surface area contributed by atoms with E-state index in [0.29, 0.717) is 31.0 Å². The minimum absolute atomic E-state index is 0.156. The minimum Gasteiger partial charge on any atom is -0.466 e. The SMILES string of the molecule is CCOC(=O)C1CCc2nc(NS(=O)(=O)N(C)C)sc2C1. The number of thiazole rings is 1. The largest absolute Gasteiger partial charge is 0.466 e. The topological polar surface area (TPSA) is 88.6 Å². The summed E-state index contributed by atoms with van der Waals surface area (Å²) in [5.41, 5.74) is 0.872. The van der Waals surface area contributed by atoms with Crippen LogP contribution < -0.4 is 4.72 Å². The molecule has 0 radical (unpaired) electrons. The lowest BCUT2D eigenvalue weighted by Gasteiger charge is -2.18. The average molecular weight is 333 g/mol. The molecule has 0 saturated heterocycles. The number of carbonyl (C=O) groups excluding carboxylic acids is 1. The molecule has 0 fully saturated rings. The molecule has 1 unspecified atom stereocenters. The van der Waals surface area contributed by atoms with Gasteiger partial charge in [0.25, 0.3) is 0 Å². The molecule has 1 heterocycles. The van der Waals surface area contributed by atoms with Crippen molar-refractivity contribution in [3.63, 3.8) is 0 Å². The van der Waals surface area contributed by atoms with Crippen molar-refractivity contribution >= 4 is 32.6 Å². The van der Waals surface area contributed by atoms with E-state index in [0.717, 1.165) is 14.9 Å². The molecule has 9 heteroatoms. The van der Waals surface area contributed by atoms with Crippen LogP contribution in [0.5, 0.6) is 0 Å². The van der Waals surface area contributed by atoms with E-state index in [2.05, 4.69) is 9.71 Å². The molecule has 0 amide bonds. The molecular formula is C12H19N3O4S2. The van der Waals surface area contributed by atoms with Gasteiger partial charge in [-0.15, -0.1) is 11.3 Å². The van der Waals surface area contributed by atoms with Gasteiger partial charge in [0, 0.05) is 19.0 Å². The van der Waals surface area contributed by atoms with E-state index in [1.165, 1.54) is 25.4 Å². The van der Waals surface area contributed by atoms with Crippen LogP contribution in [0.1, 0.15) is 23.9 Å². The number of rotatable bonds is 5. The lowest BCUT2D eigenvalue weighted by atomic mass is 9.91. The molecule has 7 nitrogen and oxygen atoms in total. The minimum atomic E-state index is -3.55. The first-order valence-electron chi connectivity index (χ1n) is 6.69. The molecule has 1 N–H and O–H groups in total. The number of carbonyl (C=O) groups is 1. The van der Waals surface area contributed by atoms with Gasteiger partial charge < -0.3 is 4.74 Å². The Morgan fingerprint density at radius 1 is 1.52 bits per heavy atom. The van der Waals surface area contributed by atoms with Crippen LogP contribution in [0.4, 0.5) is 5.13 Å². The summed E-state index contributed by atoms with van der Waals surface area (Å²) in [5, 5.41) is 0.346. The Kier molecular flexibility index (Phi) is 4.84. The monoisotopic (exact) mass is 333 g/mol. The van der Waals surface area contributed by atoms with Gasteiger partial charge in [-0.2, -0.15) is 12.7 Å². The molecule has 1 aromatic heterocycles. The summed E-state index contributed by atoms with van der Waals surface area (Å²) in [6, 6.07) is 0. The van der Waals surface area contributed by atoms with Gasteiger partial charge in [-0.1, -0.05) is 0 Å². The van der Waals surface area contributed by atoms with Crippen LogP contribution in [0.2, 0.25) is 0 Å². The zero-order valence-corrected chi connectivity index (χ0v) is 13.9. The normalized spacial score (nSPS) is 18.4. The molecule has 2 rings (SSSR count). The Morgan fingerprint density at radius 3 is 2.86 bits per heavy atom. The highest BCUT2D eigenvalue weighted by molar-refractivity contribution is 7.90. The summed E-state index contributed by atoms with van der Waals surface area (Å²) >= 11 is 1.28. The maximum Gasteiger partial charge on any atom is 0.309 e. The summed E-state index contributed by atoms with van der Waals surface area (Å²) < 4.78 is 32.1. The van der Waals surface area contributed by atoms with Gasteiger partial charge in [-0.05, 0) is 26.2 Å². The van der Waals surface area contributed by atoms with Crippen molar-refractivity contribution in [1.29, 1.82) is 0 Å². The van der Waals surface area contributed by atoms with Crippen LogP contribution in [0.3, 0.4) is 0 Å². The molecule has 0 spiro atoms. The molecule has 1 aliphatic rings. The highest BCUT2D eigenvalue weighted by atomic mass is 32.2. The predicted molar refractivity (Wildman–Crippen MR) is 80.5 cm³/mol. The second-order valence-electron chi connectivity index (χ2n) is 4.97. The van der Waals surface area contributed by atoms with E-state index in [9.17, 15) is 13.2 Å². The first kappa shape index (κ1) is 16.2. The van der Waals surface area contributed by atoms with Crippen LogP contribution in [0.25, 0.3) is 0 Å². The fourth-order valence-corrected chi connectivity index (χ4v) is 3.95. The molecular weight excluding hydrogens is 314 g/mol. The van der Waals surface area contributed by atoms with E-state index in [1.807, 2.05) is 0 Å². The van der Waals surface area contributed by atoms with Gasteiger partial charge >= 0.3 is 16.2 Å². The first-order valence-corrected chi connectivity index (χ1v) is 8.94. The van der Waals surface area contributed by atoms with Gasteiger partial charge in [0.1, 0.15) is 0 Å². The molecule has 1 aromatic rings. The quantitative estimate of drug-likeness (QED) is 0.813. The third-order valence-corrected chi connectivity index (χ3v) is 5.83. The third-order valence-electron chi connectivity index (χ3n) is 3.26. The molecule has 1 atom stereocenters. The fourth-order valence-electron chi connectivity index (χ4n) is 2.08. The highest BCUT2D eigenvalue weighted by Crippen LogP contribution is 2.33. The van der Waals surface area contributed by atoms with Gasteiger partial charge in [-0.25, -0.2) is 9.71 Å². The maximum atomic E-state index is 11.8. The second kappa shape index (κ2) is 6.29. The summed E-state index contributed by atoms with van der Waals surface area (Å²) in [5.74, 6) is -0.344. The number of ether oxygens (including phenoxy) is 1. The van der Waals surface area contributed by atoms with Gasteiger partial charge in [0.2, 0.25) is 0 Å². The first-order chi connectivity index (χ1) is 9.83. The summed E-state index contributed by atoms with van der Waals surface area (Å²) in [6.07, 6.45) is 1.92. The van der Waals surface area contributed by atoms with Crippen molar-refractivity contribution in [2.45, 2.75) is 26.2 Å². The molecule has 1 aliphatic carbocycles. The lowest BCUT2D eigenvalue weighted by molar-refractivity contribution is -0.148. The van der Waals surface area contributed by atoms with Crippen molar-refractivity contribution in [2.24, 2.45) is 5.92 Å². The van der Waals surface area contributed by atoms with Crippen LogP contribution in [0.15, 0.2) is 0 Å². The fraction of sp³-hybridized carbons (Fsp3) is 0.667. The average Bonchev–Trinajstić information content (AvgIpc) is 2.78. The zero-order chi connectivity index (χ0) is 15.6. The Balaban J connectivity index is 2.11. The van der Waals surface area contributed by atoms with E-state index >= 15 is 0 Å². The van der Waals surface area contributed by atoms with E-state index < -0.39 is 10.2 Å². The summed E-state index contributed by atoms with van der Waals surface area (Å²) in [7, 11) is -0.648. The number of aryl methyl sites for hydroxylation is 1. The van der Waals surface area contributed by atoms with Crippen molar-refractivity contribution < 1.29 is 17.9 Å². The van der Waals surface area contributed by atoms with E-state index in [-0.39, 0.29) is 11.9 Å². The second-order valence-corrected chi connectivity index (χ2v) is 7.94. The smallest absolute Gasteiger partial charge is 0.309 e. The molecule has 0 bridgehead atoms. The van der Waals surface area contributed by atoms with Crippen molar-refractivity contribution in [3.05, 3.63) is 10.6 Å². The van der Waals surface area contributed by atoms with E-state index in [1.54, 1.807) is 6.92 Å². The zero-order valence-electron chi connectivity index (χ0n) is 12.2. The van der Waals surface area contributed by atoms with Crippen LogP contribution in [-0.4, -0.2) is 44.4 Å². The maximum absolute atomic E-state index is 11.8. The van der Waals surface area contributed by atoms with E-state index in [4.69, 9.17) is 4.74 Å². The van der Waals surface area contributed by atoms with Gasteiger partial charge in [0.05, 0.1) is 18.2 Å². The van der Waals surface area contributed by atoms with Gasteiger partial charge in [-0.3, -0.25) is 4.79 Å². The molecule has 0 aliphatic heterocycles. The van der Waals surface area contributed by atoms with Crippen LogP contribution in [-0.2, 0) is 32.6 Å².